The first-order chi connectivity index (χ1) is 12.7. The van der Waals surface area contributed by atoms with Gasteiger partial charge in [0.05, 0.1) is 5.69 Å². The van der Waals surface area contributed by atoms with Crippen molar-refractivity contribution in [3.8, 4) is 11.3 Å². The Morgan fingerprint density at radius 1 is 1.12 bits per heavy atom. The summed E-state index contributed by atoms with van der Waals surface area (Å²) in [4.78, 5) is 19.0. The van der Waals surface area contributed by atoms with E-state index in [0.717, 1.165) is 39.6 Å². The highest BCUT2D eigenvalue weighted by Gasteiger charge is 2.18. The van der Waals surface area contributed by atoms with Crippen LogP contribution >= 0.6 is 11.3 Å². The molecule has 130 valence electrons. The van der Waals surface area contributed by atoms with Crippen molar-refractivity contribution in [2.45, 2.75) is 20.3 Å². The van der Waals surface area contributed by atoms with Gasteiger partial charge < -0.3 is 5.32 Å². The number of nitrogens with one attached hydrogen (secondary N) is 1. The molecule has 1 amide bonds. The van der Waals surface area contributed by atoms with Gasteiger partial charge in [0, 0.05) is 23.1 Å². The Morgan fingerprint density at radius 3 is 2.58 bits per heavy atom. The first-order valence-corrected chi connectivity index (χ1v) is 9.42. The molecule has 4 aromatic rings. The summed E-state index contributed by atoms with van der Waals surface area (Å²) in [7, 11) is 0. The molecule has 2 aromatic carbocycles. The molecule has 0 atom stereocenters. The number of amides is 1. The van der Waals surface area contributed by atoms with E-state index in [1.807, 2.05) is 72.1 Å². The Balaban J connectivity index is 1.66. The van der Waals surface area contributed by atoms with E-state index in [-0.39, 0.29) is 5.91 Å². The summed E-state index contributed by atoms with van der Waals surface area (Å²) in [5, 5.41) is 3.05. The van der Waals surface area contributed by atoms with Crippen molar-refractivity contribution in [1.29, 1.82) is 0 Å². The van der Waals surface area contributed by atoms with Gasteiger partial charge in [-0.1, -0.05) is 66.8 Å². The Bertz CT molecular complexity index is 1080. The summed E-state index contributed by atoms with van der Waals surface area (Å²) in [6, 6.07) is 18.0. The van der Waals surface area contributed by atoms with Gasteiger partial charge in [-0.2, -0.15) is 0 Å². The molecule has 0 radical (unpaired) electrons. The number of anilines is 1. The molecule has 2 aromatic heterocycles. The quantitative estimate of drug-likeness (QED) is 0.544. The molecule has 5 heteroatoms. The minimum absolute atomic E-state index is 0.0832. The minimum Gasteiger partial charge on any atom is -0.321 e. The Hall–Kier alpha value is -2.92. The molecule has 26 heavy (non-hydrogen) atoms. The standard InChI is InChI=1S/C21H19N3OS/c1-3-15-9-7-8-12-17(15)22-20(25)19-14(2)24-13-18(23-21(24)26-19)16-10-5-4-6-11-16/h4-13H,3H2,1-2H3,(H,22,25). The smallest absolute Gasteiger partial charge is 0.267 e. The third kappa shape index (κ3) is 2.91. The molecular formula is C21H19N3OS. The van der Waals surface area contributed by atoms with E-state index in [9.17, 15) is 4.79 Å². The summed E-state index contributed by atoms with van der Waals surface area (Å²) < 4.78 is 1.99. The largest absolute Gasteiger partial charge is 0.321 e. The van der Waals surface area contributed by atoms with E-state index in [1.165, 1.54) is 11.3 Å². The van der Waals surface area contributed by atoms with E-state index in [1.54, 1.807) is 0 Å². The Kier molecular flexibility index (Phi) is 4.31. The minimum atomic E-state index is -0.0832. The predicted octanol–water partition coefficient (Wildman–Crippen LogP) is 5.19. The number of benzene rings is 2. The molecule has 2 heterocycles. The highest BCUT2D eigenvalue weighted by atomic mass is 32.1. The topological polar surface area (TPSA) is 46.4 Å². The van der Waals surface area contributed by atoms with Crippen molar-refractivity contribution in [1.82, 2.24) is 9.38 Å². The molecule has 0 spiro atoms. The lowest BCUT2D eigenvalue weighted by Gasteiger charge is -2.09. The number of hydrogen-bond acceptors (Lipinski definition) is 3. The number of aryl methyl sites for hydroxylation is 2. The third-order valence-electron chi connectivity index (χ3n) is 4.48. The maximum atomic E-state index is 12.8. The second-order valence-electron chi connectivity index (χ2n) is 6.13. The number of nitrogens with zero attached hydrogens (tertiary/aromatic N) is 2. The lowest BCUT2D eigenvalue weighted by Crippen LogP contribution is -2.13. The maximum Gasteiger partial charge on any atom is 0.267 e. The van der Waals surface area contributed by atoms with E-state index in [0.29, 0.717) is 4.88 Å². The second kappa shape index (κ2) is 6.77. The maximum absolute atomic E-state index is 12.8. The molecule has 0 saturated heterocycles. The van der Waals surface area contributed by atoms with Crippen LogP contribution in [0.1, 0.15) is 27.9 Å². The fourth-order valence-corrected chi connectivity index (χ4v) is 4.04. The molecule has 0 aliphatic rings. The van der Waals surface area contributed by atoms with E-state index >= 15 is 0 Å². The molecule has 0 aliphatic heterocycles. The number of hydrogen-bond donors (Lipinski definition) is 1. The zero-order valence-corrected chi connectivity index (χ0v) is 15.5. The van der Waals surface area contributed by atoms with Crippen LogP contribution in [0, 0.1) is 6.92 Å². The van der Waals surface area contributed by atoms with Crippen molar-refractivity contribution in [2.24, 2.45) is 0 Å². The summed E-state index contributed by atoms with van der Waals surface area (Å²) in [5.74, 6) is -0.0832. The number of aromatic nitrogens is 2. The third-order valence-corrected chi connectivity index (χ3v) is 5.63. The molecule has 0 unspecified atom stereocenters. The lowest BCUT2D eigenvalue weighted by molar-refractivity contribution is 0.102. The summed E-state index contributed by atoms with van der Waals surface area (Å²) in [6.07, 6.45) is 2.87. The highest BCUT2D eigenvalue weighted by molar-refractivity contribution is 7.19. The number of rotatable bonds is 4. The summed E-state index contributed by atoms with van der Waals surface area (Å²) in [5.41, 5.74) is 4.90. The lowest BCUT2D eigenvalue weighted by atomic mass is 10.1. The van der Waals surface area contributed by atoms with Crippen LogP contribution in [0.25, 0.3) is 16.2 Å². The van der Waals surface area contributed by atoms with Crippen molar-refractivity contribution in [3.63, 3.8) is 0 Å². The van der Waals surface area contributed by atoms with Gasteiger partial charge in [-0.3, -0.25) is 9.20 Å². The SMILES string of the molecule is CCc1ccccc1NC(=O)c1sc2nc(-c3ccccc3)cn2c1C. The number of carbonyl (C=O) groups is 1. The zero-order valence-electron chi connectivity index (χ0n) is 14.7. The fraction of sp³-hybridized carbons (Fsp3) is 0.143. The van der Waals surface area contributed by atoms with Gasteiger partial charge in [-0.15, -0.1) is 0 Å². The molecule has 1 N–H and O–H groups in total. The van der Waals surface area contributed by atoms with Gasteiger partial charge >= 0.3 is 0 Å². The highest BCUT2D eigenvalue weighted by Crippen LogP contribution is 2.28. The second-order valence-corrected chi connectivity index (χ2v) is 7.10. The van der Waals surface area contributed by atoms with Gasteiger partial charge in [0.25, 0.3) is 5.91 Å². The fourth-order valence-electron chi connectivity index (χ4n) is 3.04. The van der Waals surface area contributed by atoms with Gasteiger partial charge in [0.15, 0.2) is 4.96 Å². The number of thiazole rings is 1. The predicted molar refractivity (Wildman–Crippen MR) is 107 cm³/mol. The van der Waals surface area contributed by atoms with Gasteiger partial charge in [-0.25, -0.2) is 4.98 Å². The number of fused-ring (bicyclic) bond motifs is 1. The summed E-state index contributed by atoms with van der Waals surface area (Å²) >= 11 is 1.42. The van der Waals surface area contributed by atoms with Crippen LogP contribution in [0.2, 0.25) is 0 Å². The van der Waals surface area contributed by atoms with Crippen molar-refractivity contribution >= 4 is 27.9 Å². The van der Waals surface area contributed by atoms with Crippen LogP contribution in [-0.4, -0.2) is 15.3 Å². The molecular weight excluding hydrogens is 342 g/mol. The van der Waals surface area contributed by atoms with Crippen LogP contribution in [0.4, 0.5) is 5.69 Å². The molecule has 0 bridgehead atoms. The summed E-state index contributed by atoms with van der Waals surface area (Å²) in [6.45, 7) is 4.04. The van der Waals surface area contributed by atoms with Crippen LogP contribution in [0.5, 0.6) is 0 Å². The molecule has 4 rings (SSSR count). The van der Waals surface area contributed by atoms with Gasteiger partial charge in [-0.05, 0) is 25.0 Å². The van der Waals surface area contributed by atoms with Gasteiger partial charge in [0.1, 0.15) is 4.88 Å². The zero-order chi connectivity index (χ0) is 18.1. The van der Waals surface area contributed by atoms with Crippen molar-refractivity contribution < 1.29 is 4.79 Å². The Labute approximate surface area is 156 Å². The van der Waals surface area contributed by atoms with E-state index in [2.05, 4.69) is 17.2 Å². The van der Waals surface area contributed by atoms with Crippen molar-refractivity contribution in [3.05, 3.63) is 76.9 Å². The monoisotopic (exact) mass is 361 g/mol. The number of para-hydroxylation sites is 1. The average molecular weight is 361 g/mol. The van der Waals surface area contributed by atoms with E-state index in [4.69, 9.17) is 0 Å². The van der Waals surface area contributed by atoms with Crippen LogP contribution < -0.4 is 5.32 Å². The first-order valence-electron chi connectivity index (χ1n) is 8.60. The normalized spacial score (nSPS) is 11.0. The van der Waals surface area contributed by atoms with Gasteiger partial charge in [0.2, 0.25) is 0 Å². The number of imidazole rings is 1. The van der Waals surface area contributed by atoms with Crippen LogP contribution in [-0.2, 0) is 6.42 Å². The number of carbonyl (C=O) groups excluding carboxylic acids is 1. The first kappa shape index (κ1) is 16.5. The molecule has 0 saturated carbocycles. The van der Waals surface area contributed by atoms with Crippen LogP contribution in [0.15, 0.2) is 60.8 Å². The van der Waals surface area contributed by atoms with Crippen molar-refractivity contribution in [2.75, 3.05) is 5.32 Å². The molecule has 0 fully saturated rings. The average Bonchev–Trinajstić information content (AvgIpc) is 3.22. The molecule has 4 nitrogen and oxygen atoms in total. The Morgan fingerprint density at radius 2 is 1.85 bits per heavy atom. The van der Waals surface area contributed by atoms with E-state index < -0.39 is 0 Å². The van der Waals surface area contributed by atoms with Crippen LogP contribution in [0.3, 0.4) is 0 Å². The molecule has 0 aliphatic carbocycles.